The second-order valence-corrected chi connectivity index (χ2v) is 6.75. The van der Waals surface area contributed by atoms with E-state index in [0.717, 1.165) is 6.07 Å². The van der Waals surface area contributed by atoms with Crippen LogP contribution < -0.4 is 10.1 Å². The van der Waals surface area contributed by atoms with Crippen molar-refractivity contribution in [2.24, 2.45) is 0 Å². The number of benzene rings is 1. The number of hydrogen-bond donors (Lipinski definition) is 1. The van der Waals surface area contributed by atoms with E-state index >= 15 is 0 Å². The van der Waals surface area contributed by atoms with Crippen LogP contribution in [0, 0.1) is 21.4 Å². The second-order valence-electron chi connectivity index (χ2n) is 6.75. The number of aromatic nitrogens is 1. The molecule has 9 heteroatoms. The van der Waals surface area contributed by atoms with Gasteiger partial charge in [0, 0.05) is 24.4 Å². The van der Waals surface area contributed by atoms with Crippen molar-refractivity contribution >= 4 is 17.3 Å². The Labute approximate surface area is 162 Å². The molecule has 0 saturated heterocycles. The quantitative estimate of drug-likeness (QED) is 0.440. The van der Waals surface area contributed by atoms with Crippen LogP contribution in [0.15, 0.2) is 36.5 Å². The molecular formula is C19H20N4O5. The van der Waals surface area contributed by atoms with Gasteiger partial charge >= 0.3 is 0 Å². The molecule has 1 heterocycles. The standard InChI is InChI=1S/C19H20N4O5/c1-19(2,3)28-9-8-27-17-7-4-13(12-21-17)18(24)22-16-6-5-15(23(25)26)10-14(16)11-20/h4-7,10,12H,8-9H2,1-3H3,(H,22,24). The van der Waals surface area contributed by atoms with E-state index < -0.39 is 10.8 Å². The molecule has 9 nitrogen and oxygen atoms in total. The average Bonchev–Trinajstić information content (AvgIpc) is 2.65. The molecule has 1 N–H and O–H groups in total. The molecule has 2 aromatic rings. The van der Waals surface area contributed by atoms with Crippen LogP contribution in [0.25, 0.3) is 0 Å². The predicted molar refractivity (Wildman–Crippen MR) is 101 cm³/mol. The number of nitro benzene ring substituents is 1. The fraction of sp³-hybridized carbons (Fsp3) is 0.316. The van der Waals surface area contributed by atoms with Crippen molar-refractivity contribution in [3.8, 4) is 11.9 Å². The number of ether oxygens (including phenoxy) is 2. The van der Waals surface area contributed by atoms with Gasteiger partial charge in [0.15, 0.2) is 0 Å². The molecule has 146 valence electrons. The summed E-state index contributed by atoms with van der Waals surface area (Å²) in [6.07, 6.45) is 1.34. The molecule has 0 bridgehead atoms. The van der Waals surface area contributed by atoms with Crippen LogP contribution in [0.5, 0.6) is 5.88 Å². The highest BCUT2D eigenvalue weighted by Gasteiger charge is 2.14. The van der Waals surface area contributed by atoms with E-state index in [-0.39, 0.29) is 28.1 Å². The van der Waals surface area contributed by atoms with Gasteiger partial charge < -0.3 is 14.8 Å². The summed E-state index contributed by atoms with van der Waals surface area (Å²) in [7, 11) is 0. The largest absolute Gasteiger partial charge is 0.475 e. The monoisotopic (exact) mass is 384 g/mol. The van der Waals surface area contributed by atoms with Crippen molar-refractivity contribution in [1.82, 2.24) is 4.98 Å². The van der Waals surface area contributed by atoms with Crippen molar-refractivity contribution in [3.63, 3.8) is 0 Å². The summed E-state index contributed by atoms with van der Waals surface area (Å²) in [6, 6.07) is 8.53. The Kier molecular flexibility index (Phi) is 6.63. The van der Waals surface area contributed by atoms with Crippen LogP contribution in [0.2, 0.25) is 0 Å². The number of amides is 1. The number of nitriles is 1. The minimum atomic E-state index is -0.610. The maximum Gasteiger partial charge on any atom is 0.270 e. The first-order chi connectivity index (χ1) is 13.2. The first-order valence-corrected chi connectivity index (χ1v) is 8.42. The first-order valence-electron chi connectivity index (χ1n) is 8.42. The van der Waals surface area contributed by atoms with Gasteiger partial charge in [0.2, 0.25) is 5.88 Å². The van der Waals surface area contributed by atoms with Crippen molar-refractivity contribution in [2.75, 3.05) is 18.5 Å². The van der Waals surface area contributed by atoms with Crippen LogP contribution in [0.1, 0.15) is 36.7 Å². The van der Waals surface area contributed by atoms with Gasteiger partial charge in [-0.05, 0) is 32.9 Å². The Morgan fingerprint density at radius 3 is 2.61 bits per heavy atom. The molecule has 2 rings (SSSR count). The third kappa shape index (κ3) is 6.03. The number of nitrogens with zero attached hydrogens (tertiary/aromatic N) is 3. The zero-order chi connectivity index (χ0) is 20.7. The first kappa shape index (κ1) is 20.8. The minimum absolute atomic E-state index is 0.00527. The lowest BCUT2D eigenvalue weighted by Gasteiger charge is -2.19. The van der Waals surface area contributed by atoms with Crippen LogP contribution in [-0.4, -0.2) is 34.6 Å². The third-order valence-electron chi connectivity index (χ3n) is 3.45. The van der Waals surface area contributed by atoms with Crippen molar-refractivity contribution < 1.29 is 19.2 Å². The highest BCUT2D eigenvalue weighted by atomic mass is 16.6. The van der Waals surface area contributed by atoms with Crippen LogP contribution in [0.4, 0.5) is 11.4 Å². The van der Waals surface area contributed by atoms with Gasteiger partial charge in [-0.15, -0.1) is 0 Å². The van der Waals surface area contributed by atoms with E-state index in [2.05, 4.69) is 10.3 Å². The molecule has 0 atom stereocenters. The van der Waals surface area contributed by atoms with E-state index in [1.54, 1.807) is 6.07 Å². The Morgan fingerprint density at radius 1 is 1.29 bits per heavy atom. The van der Waals surface area contributed by atoms with Gasteiger partial charge in [0.05, 0.1) is 33.9 Å². The second kappa shape index (κ2) is 8.92. The molecule has 0 aliphatic heterocycles. The topological polar surface area (TPSA) is 127 Å². The molecule has 0 spiro atoms. The van der Waals surface area contributed by atoms with Gasteiger partial charge in [0.1, 0.15) is 12.7 Å². The number of anilines is 1. The Hall–Kier alpha value is -3.51. The minimum Gasteiger partial charge on any atom is -0.475 e. The van der Waals surface area contributed by atoms with Gasteiger partial charge in [-0.3, -0.25) is 14.9 Å². The summed E-state index contributed by atoms with van der Waals surface area (Å²) in [5, 5.41) is 22.5. The fourth-order valence-corrected chi connectivity index (χ4v) is 2.14. The number of carbonyl (C=O) groups is 1. The van der Waals surface area contributed by atoms with Gasteiger partial charge in [-0.1, -0.05) is 0 Å². The van der Waals surface area contributed by atoms with Crippen molar-refractivity contribution in [2.45, 2.75) is 26.4 Å². The predicted octanol–water partition coefficient (Wildman–Crippen LogP) is 3.31. The summed E-state index contributed by atoms with van der Waals surface area (Å²) < 4.78 is 11.0. The number of nitrogens with one attached hydrogen (secondary N) is 1. The van der Waals surface area contributed by atoms with Crippen LogP contribution >= 0.6 is 0 Å². The summed E-state index contributed by atoms with van der Waals surface area (Å²) in [5.74, 6) is -0.150. The zero-order valence-electron chi connectivity index (χ0n) is 15.8. The number of carbonyl (C=O) groups excluding carboxylic acids is 1. The molecule has 1 amide bonds. The van der Waals surface area contributed by atoms with E-state index in [1.807, 2.05) is 26.8 Å². The molecule has 0 unspecified atom stereocenters. The maximum absolute atomic E-state index is 12.3. The zero-order valence-corrected chi connectivity index (χ0v) is 15.8. The summed E-state index contributed by atoms with van der Waals surface area (Å²) >= 11 is 0. The van der Waals surface area contributed by atoms with Gasteiger partial charge in [-0.2, -0.15) is 5.26 Å². The number of pyridine rings is 1. The van der Waals surface area contributed by atoms with E-state index in [0.29, 0.717) is 19.1 Å². The summed E-state index contributed by atoms with van der Waals surface area (Å²) in [5.41, 5.74) is -0.0560. The summed E-state index contributed by atoms with van der Waals surface area (Å²) in [6.45, 7) is 6.57. The lowest BCUT2D eigenvalue weighted by Crippen LogP contribution is -2.22. The number of rotatable bonds is 7. The maximum atomic E-state index is 12.3. The van der Waals surface area contributed by atoms with E-state index in [1.165, 1.54) is 24.4 Å². The summed E-state index contributed by atoms with van der Waals surface area (Å²) in [4.78, 5) is 26.6. The molecular weight excluding hydrogens is 364 g/mol. The Bertz CT molecular complexity index is 898. The lowest BCUT2D eigenvalue weighted by atomic mass is 10.1. The Morgan fingerprint density at radius 2 is 2.04 bits per heavy atom. The third-order valence-corrected chi connectivity index (χ3v) is 3.45. The molecule has 1 aromatic heterocycles. The van der Waals surface area contributed by atoms with E-state index in [4.69, 9.17) is 14.7 Å². The van der Waals surface area contributed by atoms with Gasteiger partial charge in [0.25, 0.3) is 11.6 Å². The van der Waals surface area contributed by atoms with Crippen molar-refractivity contribution in [1.29, 1.82) is 5.26 Å². The van der Waals surface area contributed by atoms with Crippen LogP contribution in [0.3, 0.4) is 0 Å². The average molecular weight is 384 g/mol. The van der Waals surface area contributed by atoms with E-state index in [9.17, 15) is 14.9 Å². The molecule has 1 aromatic carbocycles. The SMILES string of the molecule is CC(C)(C)OCCOc1ccc(C(=O)Nc2ccc([N+](=O)[O-])cc2C#N)cn1. The molecule has 0 aliphatic rings. The normalized spacial score (nSPS) is 10.8. The number of non-ortho nitro benzene ring substituents is 1. The molecule has 0 fully saturated rings. The van der Waals surface area contributed by atoms with Crippen LogP contribution in [-0.2, 0) is 4.74 Å². The number of nitro groups is 1. The highest BCUT2D eigenvalue weighted by Crippen LogP contribution is 2.22. The molecule has 0 saturated carbocycles. The Balaban J connectivity index is 1.98. The highest BCUT2D eigenvalue weighted by molar-refractivity contribution is 6.04. The molecule has 28 heavy (non-hydrogen) atoms. The number of hydrogen-bond acceptors (Lipinski definition) is 7. The van der Waals surface area contributed by atoms with Gasteiger partial charge in [-0.25, -0.2) is 4.98 Å². The lowest BCUT2D eigenvalue weighted by molar-refractivity contribution is -0.384. The smallest absolute Gasteiger partial charge is 0.270 e. The molecule has 0 radical (unpaired) electrons. The fourth-order valence-electron chi connectivity index (χ4n) is 2.14. The van der Waals surface area contributed by atoms with Crippen molar-refractivity contribution in [3.05, 3.63) is 57.8 Å². The molecule has 0 aliphatic carbocycles.